The number of carbonyl (C=O) groups excluding carboxylic acids is 3. The number of amides is 4. The molecule has 8 nitrogen and oxygen atoms in total. The lowest BCUT2D eigenvalue weighted by Gasteiger charge is -2.14. The number of carbonyl (C=O) groups is 3. The Bertz CT molecular complexity index is 560. The molecular weight excluding hydrogens is 264 g/mol. The van der Waals surface area contributed by atoms with Gasteiger partial charge in [0.05, 0.1) is 0 Å². The van der Waals surface area contributed by atoms with Gasteiger partial charge in [-0.1, -0.05) is 5.16 Å². The molecule has 1 aromatic heterocycles. The van der Waals surface area contributed by atoms with Crippen molar-refractivity contribution in [2.75, 3.05) is 18.4 Å². The fraction of sp³-hybridized carbons (Fsp3) is 0.500. The molecule has 2 fully saturated rings. The molecule has 2 aliphatic heterocycles. The maximum Gasteiger partial charge on any atom is 0.327 e. The Morgan fingerprint density at radius 2 is 2.35 bits per heavy atom. The summed E-state index contributed by atoms with van der Waals surface area (Å²) in [5, 5.41) is 6.11. The van der Waals surface area contributed by atoms with Gasteiger partial charge in [0.1, 0.15) is 18.3 Å². The van der Waals surface area contributed by atoms with Crippen molar-refractivity contribution in [3.8, 4) is 0 Å². The summed E-state index contributed by atoms with van der Waals surface area (Å²) in [6, 6.07) is 0.789. The van der Waals surface area contributed by atoms with Crippen LogP contribution in [0.4, 0.5) is 10.6 Å². The minimum Gasteiger partial charge on any atom is -0.360 e. The molecule has 0 aliphatic carbocycles. The van der Waals surface area contributed by atoms with Crippen LogP contribution < -0.4 is 5.32 Å². The lowest BCUT2D eigenvalue weighted by molar-refractivity contribution is -0.131. The standard InChI is InChI=1S/C12H14N4O4/c1-7-5-9(14-20-7)13-10(17)6-16-11(18)8-3-2-4-15(8)12(16)19/h5,8H,2-4,6H2,1H3,(H,13,14,17). The van der Waals surface area contributed by atoms with Crippen LogP contribution in [-0.2, 0) is 9.59 Å². The van der Waals surface area contributed by atoms with E-state index in [0.717, 1.165) is 11.3 Å². The first-order valence-electron chi connectivity index (χ1n) is 6.41. The number of anilines is 1. The molecule has 20 heavy (non-hydrogen) atoms. The van der Waals surface area contributed by atoms with E-state index < -0.39 is 5.91 Å². The van der Waals surface area contributed by atoms with Crippen molar-refractivity contribution >= 4 is 23.7 Å². The molecule has 106 valence electrons. The number of urea groups is 1. The second kappa shape index (κ2) is 4.62. The summed E-state index contributed by atoms with van der Waals surface area (Å²) >= 11 is 0. The Balaban J connectivity index is 1.64. The third kappa shape index (κ3) is 2.02. The first-order chi connectivity index (χ1) is 9.56. The highest BCUT2D eigenvalue weighted by Gasteiger charge is 2.47. The maximum atomic E-state index is 12.0. The summed E-state index contributed by atoms with van der Waals surface area (Å²) in [5.41, 5.74) is 0. The minimum atomic E-state index is -0.471. The molecular formula is C12H14N4O4. The highest BCUT2D eigenvalue weighted by atomic mass is 16.5. The summed E-state index contributed by atoms with van der Waals surface area (Å²) in [7, 11) is 0. The van der Waals surface area contributed by atoms with E-state index in [1.807, 2.05) is 0 Å². The number of hydrogen-bond donors (Lipinski definition) is 1. The molecule has 0 saturated carbocycles. The number of nitrogens with zero attached hydrogens (tertiary/aromatic N) is 3. The normalized spacial score (nSPS) is 21.6. The van der Waals surface area contributed by atoms with Gasteiger partial charge in [0, 0.05) is 12.6 Å². The fourth-order valence-corrected chi connectivity index (χ4v) is 2.58. The molecule has 8 heteroatoms. The number of aromatic nitrogens is 1. The lowest BCUT2D eigenvalue weighted by atomic mass is 10.2. The predicted molar refractivity (Wildman–Crippen MR) is 66.7 cm³/mol. The van der Waals surface area contributed by atoms with Crippen LogP contribution >= 0.6 is 0 Å². The quantitative estimate of drug-likeness (QED) is 0.805. The van der Waals surface area contributed by atoms with Gasteiger partial charge in [-0.3, -0.25) is 14.5 Å². The van der Waals surface area contributed by atoms with Gasteiger partial charge in [-0.15, -0.1) is 0 Å². The molecule has 0 radical (unpaired) electrons. The molecule has 1 aromatic rings. The van der Waals surface area contributed by atoms with E-state index in [9.17, 15) is 14.4 Å². The number of nitrogens with one attached hydrogen (secondary N) is 1. The molecule has 0 aromatic carbocycles. The minimum absolute atomic E-state index is 0.270. The third-order valence-electron chi connectivity index (χ3n) is 3.48. The van der Waals surface area contributed by atoms with Crippen molar-refractivity contribution in [2.24, 2.45) is 0 Å². The van der Waals surface area contributed by atoms with E-state index in [0.29, 0.717) is 18.7 Å². The zero-order valence-electron chi connectivity index (χ0n) is 11.0. The first kappa shape index (κ1) is 12.6. The molecule has 1 atom stereocenters. The van der Waals surface area contributed by atoms with Crippen molar-refractivity contribution in [2.45, 2.75) is 25.8 Å². The van der Waals surface area contributed by atoms with Crippen molar-refractivity contribution in [3.63, 3.8) is 0 Å². The van der Waals surface area contributed by atoms with Crippen LogP contribution in [0.1, 0.15) is 18.6 Å². The van der Waals surface area contributed by atoms with Crippen LogP contribution in [0, 0.1) is 6.92 Å². The number of hydrogen-bond acceptors (Lipinski definition) is 5. The summed E-state index contributed by atoms with van der Waals surface area (Å²) in [4.78, 5) is 38.4. The van der Waals surface area contributed by atoms with Crippen molar-refractivity contribution in [3.05, 3.63) is 11.8 Å². The Morgan fingerprint density at radius 3 is 3.00 bits per heavy atom. The lowest BCUT2D eigenvalue weighted by Crippen LogP contribution is -2.39. The van der Waals surface area contributed by atoms with Crippen molar-refractivity contribution in [1.29, 1.82) is 0 Å². The monoisotopic (exact) mass is 278 g/mol. The van der Waals surface area contributed by atoms with Crippen LogP contribution in [0.5, 0.6) is 0 Å². The molecule has 2 aliphatic rings. The van der Waals surface area contributed by atoms with E-state index >= 15 is 0 Å². The van der Waals surface area contributed by atoms with Crippen molar-refractivity contribution < 1.29 is 18.9 Å². The first-order valence-corrected chi connectivity index (χ1v) is 6.41. The Kier molecular flexibility index (Phi) is 2.92. The van der Waals surface area contributed by atoms with Gasteiger partial charge in [-0.05, 0) is 19.8 Å². The second-order valence-electron chi connectivity index (χ2n) is 4.93. The Morgan fingerprint density at radius 1 is 1.55 bits per heavy atom. The molecule has 4 amide bonds. The molecule has 0 spiro atoms. The zero-order chi connectivity index (χ0) is 14.3. The maximum absolute atomic E-state index is 12.0. The van der Waals surface area contributed by atoms with E-state index in [-0.39, 0.29) is 30.3 Å². The van der Waals surface area contributed by atoms with Gasteiger partial charge in [-0.25, -0.2) is 4.79 Å². The summed E-state index contributed by atoms with van der Waals surface area (Å²) in [6.45, 7) is 1.98. The Labute approximate surface area is 114 Å². The van der Waals surface area contributed by atoms with Crippen LogP contribution in [0.2, 0.25) is 0 Å². The number of imide groups is 1. The van der Waals surface area contributed by atoms with Crippen LogP contribution in [0.25, 0.3) is 0 Å². The fourth-order valence-electron chi connectivity index (χ4n) is 2.58. The predicted octanol–water partition coefficient (Wildman–Crippen LogP) is 0.348. The average Bonchev–Trinajstić information content (AvgIpc) is 3.07. The molecule has 3 heterocycles. The van der Waals surface area contributed by atoms with Crippen LogP contribution in [-0.4, -0.2) is 51.9 Å². The molecule has 1 N–H and O–H groups in total. The van der Waals surface area contributed by atoms with E-state index in [1.54, 1.807) is 13.0 Å². The van der Waals surface area contributed by atoms with E-state index in [4.69, 9.17) is 4.52 Å². The van der Waals surface area contributed by atoms with Gasteiger partial charge >= 0.3 is 6.03 Å². The third-order valence-corrected chi connectivity index (χ3v) is 3.48. The van der Waals surface area contributed by atoms with Gasteiger partial charge in [-0.2, -0.15) is 0 Å². The molecule has 2 saturated heterocycles. The highest BCUT2D eigenvalue weighted by Crippen LogP contribution is 2.27. The van der Waals surface area contributed by atoms with Gasteiger partial charge in [0.2, 0.25) is 5.91 Å². The van der Waals surface area contributed by atoms with Crippen LogP contribution in [0.3, 0.4) is 0 Å². The number of rotatable bonds is 3. The zero-order valence-corrected chi connectivity index (χ0v) is 11.0. The average molecular weight is 278 g/mol. The molecule has 0 bridgehead atoms. The molecule has 1 unspecified atom stereocenters. The van der Waals surface area contributed by atoms with E-state index in [2.05, 4.69) is 10.5 Å². The summed E-state index contributed by atoms with van der Waals surface area (Å²) in [5.74, 6) is 0.0709. The van der Waals surface area contributed by atoms with Gasteiger partial charge < -0.3 is 14.7 Å². The van der Waals surface area contributed by atoms with E-state index in [1.165, 1.54) is 4.90 Å². The number of aryl methyl sites for hydroxylation is 1. The summed E-state index contributed by atoms with van der Waals surface area (Å²) in [6.07, 6.45) is 1.51. The largest absolute Gasteiger partial charge is 0.360 e. The number of fused-ring (bicyclic) bond motifs is 1. The molecule has 3 rings (SSSR count). The van der Waals surface area contributed by atoms with Crippen molar-refractivity contribution in [1.82, 2.24) is 15.0 Å². The second-order valence-corrected chi connectivity index (χ2v) is 4.93. The van der Waals surface area contributed by atoms with Gasteiger partial charge in [0.25, 0.3) is 5.91 Å². The Hall–Kier alpha value is -2.38. The SMILES string of the molecule is Cc1cc(NC(=O)CN2C(=O)C3CCCN3C2=O)no1. The van der Waals surface area contributed by atoms with Crippen LogP contribution in [0.15, 0.2) is 10.6 Å². The highest BCUT2D eigenvalue weighted by molar-refractivity contribution is 6.08. The van der Waals surface area contributed by atoms with Gasteiger partial charge in [0.15, 0.2) is 5.82 Å². The topological polar surface area (TPSA) is 95.8 Å². The smallest absolute Gasteiger partial charge is 0.327 e. The summed E-state index contributed by atoms with van der Waals surface area (Å²) < 4.78 is 4.82.